The summed E-state index contributed by atoms with van der Waals surface area (Å²) in [6, 6.07) is 9.87. The molecule has 0 unspecified atom stereocenters. The van der Waals surface area contributed by atoms with Crippen LogP contribution >= 0.6 is 0 Å². The highest BCUT2D eigenvalue weighted by atomic mass is 32.2. The van der Waals surface area contributed by atoms with E-state index in [1.165, 1.54) is 6.92 Å². The summed E-state index contributed by atoms with van der Waals surface area (Å²) in [7, 11) is 4.00. The van der Waals surface area contributed by atoms with Gasteiger partial charge in [-0.15, -0.1) is 0 Å². The quantitative estimate of drug-likeness (QED) is 0.450. The summed E-state index contributed by atoms with van der Waals surface area (Å²) in [5, 5.41) is 0. The summed E-state index contributed by atoms with van der Waals surface area (Å²) in [6.45, 7) is 6.34. The predicted molar refractivity (Wildman–Crippen MR) is 156 cm³/mol. The Morgan fingerprint density at radius 1 is 1.03 bits per heavy atom. The van der Waals surface area contributed by atoms with Crippen LogP contribution in [0.15, 0.2) is 54.5 Å². The van der Waals surface area contributed by atoms with E-state index in [9.17, 15) is 13.2 Å². The molecule has 1 aromatic carbocycles. The lowest BCUT2D eigenvalue weighted by Gasteiger charge is -2.36. The maximum absolute atomic E-state index is 12.9. The molecule has 4 rings (SSSR count). The lowest BCUT2D eigenvalue weighted by Crippen LogP contribution is -2.33. The van der Waals surface area contributed by atoms with Gasteiger partial charge in [-0.3, -0.25) is 4.79 Å². The number of nitrogens with zero attached hydrogens (tertiary/aromatic N) is 6. The standard InChI is InChI=1S/C28H35N7O3S/c1-8-39(37,38)32-27(36)24-13-22-25(16-29-24)35(21-11-9-10-20(12-21)33(4)5)17-23(18(2)3)26(22)19-14-30-28(31-15-19)34(6)7/h9-16,18H,8,17H2,1-7H3,(H,32,36). The maximum Gasteiger partial charge on any atom is 0.283 e. The molecular weight excluding hydrogens is 514 g/mol. The number of rotatable bonds is 8. The Kier molecular flexibility index (Phi) is 7.91. The molecule has 3 aromatic rings. The van der Waals surface area contributed by atoms with Gasteiger partial charge in [0.1, 0.15) is 5.69 Å². The van der Waals surface area contributed by atoms with E-state index in [-0.39, 0.29) is 17.4 Å². The molecule has 0 atom stereocenters. The number of nitrogens with one attached hydrogen (secondary N) is 1. The number of aromatic nitrogens is 3. The molecule has 3 heterocycles. The summed E-state index contributed by atoms with van der Waals surface area (Å²) >= 11 is 0. The normalized spacial score (nSPS) is 13.4. The number of hydrogen-bond acceptors (Lipinski definition) is 9. The topological polar surface area (TPSA) is 112 Å². The molecule has 1 aliphatic rings. The Morgan fingerprint density at radius 2 is 1.72 bits per heavy atom. The lowest BCUT2D eigenvalue weighted by molar-refractivity contribution is 0.0976. The Labute approximate surface area is 230 Å². The van der Waals surface area contributed by atoms with Crippen molar-refractivity contribution >= 4 is 44.5 Å². The SMILES string of the molecule is CCS(=O)(=O)NC(=O)c1cc2c(cn1)N(c1cccc(N(C)C)c1)CC(C(C)C)=C2c1cnc(N(C)C)nc1. The van der Waals surface area contributed by atoms with Crippen molar-refractivity contribution in [3.63, 3.8) is 0 Å². The van der Waals surface area contributed by atoms with Crippen LogP contribution < -0.4 is 19.4 Å². The number of benzene rings is 1. The van der Waals surface area contributed by atoms with E-state index in [1.807, 2.05) is 56.2 Å². The van der Waals surface area contributed by atoms with Gasteiger partial charge in [-0.2, -0.15) is 0 Å². The first kappa shape index (κ1) is 28.0. The van der Waals surface area contributed by atoms with Crippen LogP contribution in [0.4, 0.5) is 23.0 Å². The number of pyridine rings is 1. The molecule has 0 saturated carbocycles. The molecule has 11 heteroatoms. The molecule has 0 bridgehead atoms. The van der Waals surface area contributed by atoms with Crippen LogP contribution in [-0.4, -0.2) is 69.8 Å². The van der Waals surface area contributed by atoms with Gasteiger partial charge in [0.25, 0.3) is 5.91 Å². The fourth-order valence-electron chi connectivity index (χ4n) is 4.42. The van der Waals surface area contributed by atoms with Gasteiger partial charge in [-0.25, -0.2) is 28.1 Å². The molecule has 0 saturated heterocycles. The van der Waals surface area contributed by atoms with Crippen molar-refractivity contribution < 1.29 is 13.2 Å². The van der Waals surface area contributed by atoms with E-state index in [1.54, 1.807) is 24.7 Å². The van der Waals surface area contributed by atoms with Crippen LogP contribution in [0.3, 0.4) is 0 Å². The third-order valence-electron chi connectivity index (χ3n) is 6.64. The zero-order chi connectivity index (χ0) is 28.5. The number of carbonyl (C=O) groups is 1. The van der Waals surface area contributed by atoms with Gasteiger partial charge in [0.15, 0.2) is 0 Å². The molecule has 1 aliphatic heterocycles. The van der Waals surface area contributed by atoms with E-state index in [2.05, 4.69) is 44.5 Å². The van der Waals surface area contributed by atoms with Crippen LogP contribution in [0.25, 0.3) is 5.57 Å². The Morgan fingerprint density at radius 3 is 2.31 bits per heavy atom. The summed E-state index contributed by atoms with van der Waals surface area (Å²) in [5.41, 5.74) is 6.47. The van der Waals surface area contributed by atoms with E-state index in [4.69, 9.17) is 0 Å². The van der Waals surface area contributed by atoms with Gasteiger partial charge in [0.05, 0.1) is 17.6 Å². The highest BCUT2D eigenvalue weighted by molar-refractivity contribution is 7.90. The average molecular weight is 550 g/mol. The minimum Gasteiger partial charge on any atom is -0.378 e. The predicted octanol–water partition coefficient (Wildman–Crippen LogP) is 3.69. The number of carbonyl (C=O) groups excluding carboxylic acids is 1. The van der Waals surface area contributed by atoms with Crippen molar-refractivity contribution in [2.45, 2.75) is 20.8 Å². The van der Waals surface area contributed by atoms with Gasteiger partial charge >= 0.3 is 0 Å². The minimum atomic E-state index is -3.75. The molecule has 10 nitrogen and oxygen atoms in total. The zero-order valence-electron chi connectivity index (χ0n) is 23.4. The fourth-order valence-corrected chi connectivity index (χ4v) is 4.96. The summed E-state index contributed by atoms with van der Waals surface area (Å²) < 4.78 is 26.3. The molecule has 206 valence electrons. The van der Waals surface area contributed by atoms with Crippen LogP contribution in [0, 0.1) is 5.92 Å². The molecule has 1 N–H and O–H groups in total. The second-order valence-electron chi connectivity index (χ2n) is 10.1. The summed E-state index contributed by atoms with van der Waals surface area (Å²) in [5.74, 6) is -0.232. The third-order valence-corrected chi connectivity index (χ3v) is 7.89. The van der Waals surface area contributed by atoms with Crippen molar-refractivity contribution in [1.29, 1.82) is 0 Å². The first-order chi connectivity index (χ1) is 18.4. The molecule has 39 heavy (non-hydrogen) atoms. The van der Waals surface area contributed by atoms with Crippen molar-refractivity contribution in [2.24, 2.45) is 5.92 Å². The van der Waals surface area contributed by atoms with E-state index in [0.29, 0.717) is 12.5 Å². The number of fused-ring (bicyclic) bond motifs is 1. The monoisotopic (exact) mass is 549 g/mol. The molecule has 0 fully saturated rings. The number of anilines is 4. The van der Waals surface area contributed by atoms with Gasteiger partial charge in [0, 0.05) is 69.6 Å². The van der Waals surface area contributed by atoms with Gasteiger partial charge < -0.3 is 14.7 Å². The van der Waals surface area contributed by atoms with Crippen LogP contribution in [0.1, 0.15) is 42.4 Å². The second kappa shape index (κ2) is 11.0. The van der Waals surface area contributed by atoms with E-state index < -0.39 is 15.9 Å². The van der Waals surface area contributed by atoms with E-state index in [0.717, 1.165) is 39.3 Å². The molecule has 2 aromatic heterocycles. The van der Waals surface area contributed by atoms with Crippen molar-refractivity contribution in [3.05, 3.63) is 71.3 Å². The van der Waals surface area contributed by atoms with Gasteiger partial charge in [-0.1, -0.05) is 19.9 Å². The highest BCUT2D eigenvalue weighted by Gasteiger charge is 2.30. The van der Waals surface area contributed by atoms with Crippen LogP contribution in [0.5, 0.6) is 0 Å². The highest BCUT2D eigenvalue weighted by Crippen LogP contribution is 2.44. The second-order valence-corrected chi connectivity index (χ2v) is 12.2. The van der Waals surface area contributed by atoms with Crippen LogP contribution in [-0.2, 0) is 10.0 Å². The van der Waals surface area contributed by atoms with Crippen molar-refractivity contribution in [1.82, 2.24) is 19.7 Å². The first-order valence-electron chi connectivity index (χ1n) is 12.7. The minimum absolute atomic E-state index is 0.0149. The summed E-state index contributed by atoms with van der Waals surface area (Å²) in [6.07, 6.45) is 5.21. The number of sulfonamides is 1. The average Bonchev–Trinajstić information content (AvgIpc) is 2.91. The largest absolute Gasteiger partial charge is 0.378 e. The maximum atomic E-state index is 12.9. The van der Waals surface area contributed by atoms with Gasteiger partial charge in [-0.05, 0) is 48.3 Å². The molecule has 0 aliphatic carbocycles. The van der Waals surface area contributed by atoms with E-state index >= 15 is 0 Å². The smallest absolute Gasteiger partial charge is 0.283 e. The molecule has 0 spiro atoms. The van der Waals surface area contributed by atoms with Crippen molar-refractivity contribution in [3.8, 4) is 0 Å². The molecule has 1 amide bonds. The Hall–Kier alpha value is -3.99. The zero-order valence-corrected chi connectivity index (χ0v) is 24.2. The third kappa shape index (κ3) is 5.88. The Balaban J connectivity index is 1.94. The van der Waals surface area contributed by atoms with Gasteiger partial charge in [0.2, 0.25) is 16.0 Å². The van der Waals surface area contributed by atoms with Crippen molar-refractivity contribution in [2.75, 3.05) is 55.2 Å². The summed E-state index contributed by atoms with van der Waals surface area (Å²) in [4.78, 5) is 32.4. The fraction of sp³-hybridized carbons (Fsp3) is 0.357. The lowest BCUT2D eigenvalue weighted by atomic mass is 9.84. The molecular formula is C28H35N7O3S. The number of amides is 1. The Bertz CT molecular complexity index is 1510. The van der Waals surface area contributed by atoms with Crippen LogP contribution in [0.2, 0.25) is 0 Å². The first-order valence-corrected chi connectivity index (χ1v) is 14.4. The molecule has 0 radical (unpaired) electrons. The number of hydrogen-bond donors (Lipinski definition) is 1.